The highest BCUT2D eigenvalue weighted by Gasteiger charge is 2.03. The SMILES string of the molecule is CCCN(CCC)OCC(C)C. The molecule has 0 aromatic rings. The zero-order chi connectivity index (χ0) is 9.40. The van der Waals surface area contributed by atoms with Crippen molar-refractivity contribution in [2.24, 2.45) is 5.92 Å². The van der Waals surface area contributed by atoms with E-state index in [2.05, 4.69) is 32.8 Å². The normalized spacial score (nSPS) is 11.5. The van der Waals surface area contributed by atoms with E-state index in [-0.39, 0.29) is 0 Å². The highest BCUT2D eigenvalue weighted by atomic mass is 16.7. The Hall–Kier alpha value is -0.0800. The lowest BCUT2D eigenvalue weighted by Gasteiger charge is -2.21. The zero-order valence-electron chi connectivity index (χ0n) is 8.97. The molecule has 74 valence electrons. The van der Waals surface area contributed by atoms with Crippen LogP contribution in [0.3, 0.4) is 0 Å². The molecule has 0 aromatic heterocycles. The fourth-order valence-corrected chi connectivity index (χ4v) is 0.994. The van der Waals surface area contributed by atoms with Gasteiger partial charge in [-0.2, -0.15) is 5.06 Å². The van der Waals surface area contributed by atoms with E-state index in [1.54, 1.807) is 0 Å². The molecular weight excluding hydrogens is 150 g/mol. The van der Waals surface area contributed by atoms with Crippen molar-refractivity contribution in [2.45, 2.75) is 40.5 Å². The number of rotatable bonds is 7. The van der Waals surface area contributed by atoms with E-state index in [9.17, 15) is 0 Å². The molecular formula is C10H23NO. The summed E-state index contributed by atoms with van der Waals surface area (Å²) in [6.07, 6.45) is 2.33. The van der Waals surface area contributed by atoms with Crippen molar-refractivity contribution in [3.8, 4) is 0 Å². The van der Waals surface area contributed by atoms with Crippen molar-refractivity contribution in [1.29, 1.82) is 0 Å². The van der Waals surface area contributed by atoms with Crippen LogP contribution in [0.4, 0.5) is 0 Å². The predicted octanol–water partition coefficient (Wildman–Crippen LogP) is 2.70. The molecule has 0 aliphatic heterocycles. The summed E-state index contributed by atoms with van der Waals surface area (Å²) >= 11 is 0. The van der Waals surface area contributed by atoms with Gasteiger partial charge in [-0.25, -0.2) is 0 Å². The van der Waals surface area contributed by atoms with Gasteiger partial charge in [0, 0.05) is 13.1 Å². The Morgan fingerprint density at radius 3 is 1.92 bits per heavy atom. The Labute approximate surface area is 76.9 Å². The molecule has 2 nitrogen and oxygen atoms in total. The van der Waals surface area contributed by atoms with Gasteiger partial charge in [0.15, 0.2) is 0 Å². The topological polar surface area (TPSA) is 12.5 Å². The molecule has 0 aromatic carbocycles. The standard InChI is InChI=1S/C10H23NO/c1-5-7-11(8-6-2)12-9-10(3)4/h10H,5-9H2,1-4H3. The van der Waals surface area contributed by atoms with Gasteiger partial charge in [-0.1, -0.05) is 27.7 Å². The van der Waals surface area contributed by atoms with E-state index >= 15 is 0 Å². The molecule has 0 atom stereocenters. The molecule has 0 aliphatic rings. The van der Waals surface area contributed by atoms with Crippen molar-refractivity contribution in [2.75, 3.05) is 19.7 Å². The minimum absolute atomic E-state index is 0.626. The summed E-state index contributed by atoms with van der Waals surface area (Å²) in [5, 5.41) is 2.08. The van der Waals surface area contributed by atoms with Crippen LogP contribution in [0.5, 0.6) is 0 Å². The van der Waals surface area contributed by atoms with Crippen molar-refractivity contribution < 1.29 is 4.84 Å². The van der Waals surface area contributed by atoms with E-state index in [1.165, 1.54) is 0 Å². The smallest absolute Gasteiger partial charge is 0.0708 e. The maximum Gasteiger partial charge on any atom is 0.0708 e. The van der Waals surface area contributed by atoms with Crippen molar-refractivity contribution in [3.63, 3.8) is 0 Å². The van der Waals surface area contributed by atoms with Gasteiger partial charge in [-0.3, -0.25) is 4.84 Å². The molecule has 0 amide bonds. The first-order valence-corrected chi connectivity index (χ1v) is 5.08. The average molecular weight is 173 g/mol. The Balaban J connectivity index is 3.48. The molecule has 0 rings (SSSR count). The third-order valence-electron chi connectivity index (χ3n) is 1.54. The van der Waals surface area contributed by atoms with Crippen molar-refractivity contribution in [3.05, 3.63) is 0 Å². The van der Waals surface area contributed by atoms with Gasteiger partial charge in [0.05, 0.1) is 6.61 Å². The van der Waals surface area contributed by atoms with Gasteiger partial charge in [0.2, 0.25) is 0 Å². The summed E-state index contributed by atoms with van der Waals surface area (Å²) in [6, 6.07) is 0. The fourth-order valence-electron chi connectivity index (χ4n) is 0.994. The van der Waals surface area contributed by atoms with Gasteiger partial charge in [0.1, 0.15) is 0 Å². The molecule has 0 saturated carbocycles. The van der Waals surface area contributed by atoms with Crippen LogP contribution in [0, 0.1) is 5.92 Å². The first-order chi connectivity index (χ1) is 5.70. The predicted molar refractivity (Wildman–Crippen MR) is 52.9 cm³/mol. The first kappa shape index (κ1) is 11.9. The van der Waals surface area contributed by atoms with Gasteiger partial charge in [0.25, 0.3) is 0 Å². The van der Waals surface area contributed by atoms with E-state index in [1.807, 2.05) is 0 Å². The summed E-state index contributed by atoms with van der Waals surface area (Å²) < 4.78 is 0. The van der Waals surface area contributed by atoms with E-state index < -0.39 is 0 Å². The minimum atomic E-state index is 0.626. The zero-order valence-corrected chi connectivity index (χ0v) is 8.97. The average Bonchev–Trinajstić information content (AvgIpc) is 2.01. The molecule has 0 fully saturated rings. The Morgan fingerprint density at radius 1 is 1.08 bits per heavy atom. The molecule has 0 unspecified atom stereocenters. The molecule has 0 bridgehead atoms. The Kier molecular flexibility index (Phi) is 7.51. The van der Waals surface area contributed by atoms with Crippen LogP contribution in [0.25, 0.3) is 0 Å². The third-order valence-corrected chi connectivity index (χ3v) is 1.54. The van der Waals surface area contributed by atoms with Gasteiger partial charge < -0.3 is 0 Å². The number of hydroxylamine groups is 2. The van der Waals surface area contributed by atoms with Crippen LogP contribution in [-0.2, 0) is 4.84 Å². The number of nitrogens with zero attached hydrogens (tertiary/aromatic N) is 1. The monoisotopic (exact) mass is 173 g/mol. The molecule has 0 spiro atoms. The van der Waals surface area contributed by atoms with E-state index in [0.29, 0.717) is 5.92 Å². The molecule has 2 heteroatoms. The van der Waals surface area contributed by atoms with Gasteiger partial charge >= 0.3 is 0 Å². The summed E-state index contributed by atoms with van der Waals surface area (Å²) in [6.45, 7) is 11.7. The van der Waals surface area contributed by atoms with Crippen LogP contribution in [-0.4, -0.2) is 24.8 Å². The molecule has 0 radical (unpaired) electrons. The van der Waals surface area contributed by atoms with Crippen molar-refractivity contribution >= 4 is 0 Å². The minimum Gasteiger partial charge on any atom is -0.299 e. The first-order valence-electron chi connectivity index (χ1n) is 5.08. The lowest BCUT2D eigenvalue weighted by atomic mass is 10.2. The molecule has 0 heterocycles. The van der Waals surface area contributed by atoms with Gasteiger partial charge in [-0.05, 0) is 18.8 Å². The van der Waals surface area contributed by atoms with Crippen LogP contribution in [0.2, 0.25) is 0 Å². The highest BCUT2D eigenvalue weighted by Crippen LogP contribution is 1.99. The Bertz CT molecular complexity index is 87.8. The second-order valence-electron chi connectivity index (χ2n) is 3.62. The quantitative estimate of drug-likeness (QED) is 0.549. The van der Waals surface area contributed by atoms with Gasteiger partial charge in [-0.15, -0.1) is 0 Å². The molecule has 12 heavy (non-hydrogen) atoms. The summed E-state index contributed by atoms with van der Waals surface area (Å²) in [5.74, 6) is 0.626. The van der Waals surface area contributed by atoms with Crippen molar-refractivity contribution in [1.82, 2.24) is 5.06 Å². The lowest BCUT2D eigenvalue weighted by molar-refractivity contribution is -0.166. The third kappa shape index (κ3) is 6.62. The van der Waals surface area contributed by atoms with E-state index in [4.69, 9.17) is 4.84 Å². The maximum atomic E-state index is 5.62. The van der Waals surface area contributed by atoms with Crippen LogP contribution >= 0.6 is 0 Å². The Morgan fingerprint density at radius 2 is 1.58 bits per heavy atom. The number of hydrogen-bond acceptors (Lipinski definition) is 2. The summed E-state index contributed by atoms with van der Waals surface area (Å²) in [7, 11) is 0. The van der Waals surface area contributed by atoms with Crippen LogP contribution < -0.4 is 0 Å². The van der Waals surface area contributed by atoms with Crippen LogP contribution in [0.15, 0.2) is 0 Å². The second kappa shape index (κ2) is 7.56. The second-order valence-corrected chi connectivity index (χ2v) is 3.62. The largest absolute Gasteiger partial charge is 0.299 e. The fraction of sp³-hybridized carbons (Fsp3) is 1.00. The maximum absolute atomic E-state index is 5.62. The van der Waals surface area contributed by atoms with E-state index in [0.717, 1.165) is 32.5 Å². The molecule has 0 aliphatic carbocycles. The summed E-state index contributed by atoms with van der Waals surface area (Å²) in [4.78, 5) is 5.62. The molecule has 0 N–H and O–H groups in total. The number of hydrogen-bond donors (Lipinski definition) is 0. The lowest BCUT2D eigenvalue weighted by Crippen LogP contribution is -2.27. The van der Waals surface area contributed by atoms with Crippen LogP contribution in [0.1, 0.15) is 40.5 Å². The highest BCUT2D eigenvalue weighted by molar-refractivity contribution is 4.44. The molecule has 0 saturated heterocycles. The summed E-state index contributed by atoms with van der Waals surface area (Å²) in [5.41, 5.74) is 0.